The second-order valence-electron chi connectivity index (χ2n) is 4.95. The molecule has 3 aromatic rings. The molecule has 0 aliphatic rings. The summed E-state index contributed by atoms with van der Waals surface area (Å²) in [5, 5.41) is 3.04. The highest BCUT2D eigenvalue weighted by molar-refractivity contribution is 7.71. The second-order valence-corrected chi connectivity index (χ2v) is 5.34. The van der Waals surface area contributed by atoms with Crippen molar-refractivity contribution in [3.05, 3.63) is 51.6 Å². The SMILES string of the molecule is COc1cccc(Cc2c(C)nc3nc(=S)[nH]n3c2C)c1. The predicted molar refractivity (Wildman–Crippen MR) is 83.4 cm³/mol. The molecule has 0 spiro atoms. The van der Waals surface area contributed by atoms with E-state index in [1.54, 1.807) is 7.11 Å². The summed E-state index contributed by atoms with van der Waals surface area (Å²) < 4.78 is 7.56. The molecule has 0 bridgehead atoms. The molecule has 0 fully saturated rings. The zero-order chi connectivity index (χ0) is 15.0. The van der Waals surface area contributed by atoms with E-state index >= 15 is 0 Å². The van der Waals surface area contributed by atoms with Crippen molar-refractivity contribution in [2.75, 3.05) is 7.11 Å². The fraction of sp³-hybridized carbons (Fsp3) is 0.267. The molecule has 2 aromatic heterocycles. The number of hydrogen-bond donors (Lipinski definition) is 1. The van der Waals surface area contributed by atoms with E-state index in [0.29, 0.717) is 10.5 Å². The van der Waals surface area contributed by atoms with Crippen molar-refractivity contribution in [1.82, 2.24) is 19.6 Å². The Balaban J connectivity index is 2.09. The molecule has 108 valence electrons. The van der Waals surface area contributed by atoms with Crippen LogP contribution in [-0.2, 0) is 6.42 Å². The Morgan fingerprint density at radius 2 is 2.10 bits per heavy atom. The molecule has 2 heterocycles. The number of rotatable bonds is 3. The van der Waals surface area contributed by atoms with Gasteiger partial charge < -0.3 is 4.74 Å². The second kappa shape index (κ2) is 5.29. The van der Waals surface area contributed by atoms with E-state index < -0.39 is 0 Å². The molecule has 0 amide bonds. The van der Waals surface area contributed by atoms with Crippen LogP contribution in [0, 0.1) is 18.6 Å². The molecule has 0 aliphatic carbocycles. The van der Waals surface area contributed by atoms with E-state index in [4.69, 9.17) is 17.0 Å². The van der Waals surface area contributed by atoms with Crippen LogP contribution in [0.25, 0.3) is 5.78 Å². The van der Waals surface area contributed by atoms with Crippen molar-refractivity contribution in [2.24, 2.45) is 0 Å². The largest absolute Gasteiger partial charge is 0.497 e. The summed E-state index contributed by atoms with van der Waals surface area (Å²) in [5.41, 5.74) is 4.39. The van der Waals surface area contributed by atoms with E-state index in [-0.39, 0.29) is 0 Å². The third-order valence-corrected chi connectivity index (χ3v) is 3.78. The molecule has 1 aromatic carbocycles. The fourth-order valence-electron chi connectivity index (χ4n) is 2.48. The Morgan fingerprint density at radius 3 is 2.86 bits per heavy atom. The number of aryl methyl sites for hydroxylation is 2. The van der Waals surface area contributed by atoms with Crippen molar-refractivity contribution in [1.29, 1.82) is 0 Å². The van der Waals surface area contributed by atoms with Gasteiger partial charge >= 0.3 is 0 Å². The van der Waals surface area contributed by atoms with Gasteiger partial charge in [-0.25, -0.2) is 9.50 Å². The lowest BCUT2D eigenvalue weighted by atomic mass is 10.0. The first-order valence-corrected chi connectivity index (χ1v) is 7.07. The zero-order valence-corrected chi connectivity index (χ0v) is 13.0. The third-order valence-electron chi connectivity index (χ3n) is 3.60. The van der Waals surface area contributed by atoms with Crippen LogP contribution >= 0.6 is 12.2 Å². The van der Waals surface area contributed by atoms with Gasteiger partial charge in [-0.2, -0.15) is 4.98 Å². The minimum absolute atomic E-state index is 0.448. The van der Waals surface area contributed by atoms with Crippen molar-refractivity contribution in [3.63, 3.8) is 0 Å². The third kappa shape index (κ3) is 2.54. The van der Waals surface area contributed by atoms with Crippen molar-refractivity contribution < 1.29 is 4.74 Å². The first-order valence-electron chi connectivity index (χ1n) is 6.66. The van der Waals surface area contributed by atoms with Gasteiger partial charge in [0, 0.05) is 17.8 Å². The predicted octanol–water partition coefficient (Wildman–Crippen LogP) is 3.00. The van der Waals surface area contributed by atoms with Gasteiger partial charge in [-0.1, -0.05) is 12.1 Å². The number of aromatic nitrogens is 4. The molecule has 3 rings (SSSR count). The van der Waals surface area contributed by atoms with Crippen LogP contribution in [-0.4, -0.2) is 26.7 Å². The summed E-state index contributed by atoms with van der Waals surface area (Å²) in [5.74, 6) is 1.48. The van der Waals surface area contributed by atoms with E-state index in [1.807, 2.05) is 36.6 Å². The van der Waals surface area contributed by atoms with E-state index in [1.165, 1.54) is 11.1 Å². The van der Waals surface area contributed by atoms with E-state index in [2.05, 4.69) is 21.1 Å². The fourth-order valence-corrected chi connectivity index (χ4v) is 2.65. The first-order chi connectivity index (χ1) is 10.1. The van der Waals surface area contributed by atoms with Gasteiger partial charge in [-0.3, -0.25) is 5.10 Å². The molecule has 5 nitrogen and oxygen atoms in total. The summed E-state index contributed by atoms with van der Waals surface area (Å²) >= 11 is 5.08. The first kappa shape index (κ1) is 13.8. The number of hydrogen-bond acceptors (Lipinski definition) is 4. The maximum atomic E-state index is 5.28. The molecule has 6 heteroatoms. The highest BCUT2D eigenvalue weighted by Crippen LogP contribution is 2.20. The van der Waals surface area contributed by atoms with Gasteiger partial charge in [0.15, 0.2) is 0 Å². The lowest BCUT2D eigenvalue weighted by molar-refractivity contribution is 0.414. The normalized spacial score (nSPS) is 11.0. The highest BCUT2D eigenvalue weighted by atomic mass is 32.1. The van der Waals surface area contributed by atoms with Crippen LogP contribution in [0.4, 0.5) is 0 Å². The van der Waals surface area contributed by atoms with Crippen LogP contribution in [0.5, 0.6) is 5.75 Å². The molecule has 0 unspecified atom stereocenters. The summed E-state index contributed by atoms with van der Waals surface area (Å²) in [6, 6.07) is 8.06. The number of H-pyrrole nitrogens is 1. The summed E-state index contributed by atoms with van der Waals surface area (Å²) in [6.45, 7) is 4.05. The monoisotopic (exact) mass is 300 g/mol. The molecule has 0 saturated carbocycles. The Kier molecular flexibility index (Phi) is 3.47. The number of aromatic amines is 1. The lowest BCUT2D eigenvalue weighted by Crippen LogP contribution is -2.06. The van der Waals surface area contributed by atoms with Crippen molar-refractivity contribution >= 4 is 18.0 Å². The quantitative estimate of drug-likeness (QED) is 0.756. The number of ether oxygens (including phenoxy) is 1. The Morgan fingerprint density at radius 1 is 1.29 bits per heavy atom. The number of methoxy groups -OCH3 is 1. The minimum atomic E-state index is 0.448. The molecule has 21 heavy (non-hydrogen) atoms. The van der Waals surface area contributed by atoms with Crippen LogP contribution in [0.1, 0.15) is 22.5 Å². The zero-order valence-electron chi connectivity index (χ0n) is 12.2. The number of benzene rings is 1. The lowest BCUT2D eigenvalue weighted by Gasteiger charge is -2.11. The van der Waals surface area contributed by atoms with E-state index in [9.17, 15) is 0 Å². The van der Waals surface area contributed by atoms with Gasteiger partial charge in [0.25, 0.3) is 5.78 Å². The minimum Gasteiger partial charge on any atom is -0.497 e. The van der Waals surface area contributed by atoms with Crippen LogP contribution in [0.15, 0.2) is 24.3 Å². The summed E-state index contributed by atoms with van der Waals surface area (Å²) in [4.78, 5) is 8.72. The van der Waals surface area contributed by atoms with Gasteiger partial charge in [0.05, 0.1) is 7.11 Å². The van der Waals surface area contributed by atoms with E-state index in [0.717, 1.165) is 23.6 Å². The Hall–Kier alpha value is -2.21. The van der Waals surface area contributed by atoms with Gasteiger partial charge in [-0.15, -0.1) is 0 Å². The van der Waals surface area contributed by atoms with Gasteiger partial charge in [-0.05, 0) is 49.3 Å². The molecular weight excluding hydrogens is 284 g/mol. The molecular formula is C15H16N4OS. The summed E-state index contributed by atoms with van der Waals surface area (Å²) in [6.07, 6.45) is 0.788. The van der Waals surface area contributed by atoms with Gasteiger partial charge in [0.1, 0.15) is 5.75 Å². The van der Waals surface area contributed by atoms with Crippen molar-refractivity contribution in [2.45, 2.75) is 20.3 Å². The number of fused-ring (bicyclic) bond motifs is 1. The van der Waals surface area contributed by atoms with Gasteiger partial charge in [0.2, 0.25) is 4.77 Å². The maximum Gasteiger partial charge on any atom is 0.252 e. The standard InChI is InChI=1S/C15H16N4OS/c1-9-13(8-11-5-4-6-12(7-11)20-3)10(2)19-14(16-9)17-15(21)18-19/h4-7H,8H2,1-3H3,(H,18,21). The smallest absolute Gasteiger partial charge is 0.252 e. The molecule has 0 saturated heterocycles. The summed E-state index contributed by atoms with van der Waals surface area (Å²) in [7, 11) is 1.68. The molecule has 1 N–H and O–H groups in total. The molecule has 0 radical (unpaired) electrons. The highest BCUT2D eigenvalue weighted by Gasteiger charge is 2.11. The number of nitrogens with one attached hydrogen (secondary N) is 1. The Bertz CT molecular complexity index is 866. The topological polar surface area (TPSA) is 55.2 Å². The average molecular weight is 300 g/mol. The number of nitrogens with zero attached hydrogens (tertiary/aromatic N) is 3. The maximum absolute atomic E-state index is 5.28. The Labute approximate surface area is 127 Å². The van der Waals surface area contributed by atoms with Crippen LogP contribution in [0.2, 0.25) is 0 Å². The van der Waals surface area contributed by atoms with Crippen molar-refractivity contribution in [3.8, 4) is 5.75 Å². The molecule has 0 atom stereocenters. The average Bonchev–Trinajstić information content (AvgIpc) is 2.84. The van der Waals surface area contributed by atoms with Crippen LogP contribution < -0.4 is 4.74 Å². The van der Waals surface area contributed by atoms with Crippen LogP contribution in [0.3, 0.4) is 0 Å². The molecule has 0 aliphatic heterocycles.